The molecule has 28 heavy (non-hydrogen) atoms. The minimum Gasteiger partial charge on any atom is -0.390 e. The van der Waals surface area contributed by atoms with Gasteiger partial charge in [-0.25, -0.2) is 4.39 Å². The van der Waals surface area contributed by atoms with E-state index in [1.165, 1.54) is 12.1 Å². The molecular formula is C22H24ClFN2O2. The van der Waals surface area contributed by atoms with E-state index in [0.29, 0.717) is 31.0 Å². The monoisotopic (exact) mass is 402 g/mol. The number of hydrogen-bond donors (Lipinski definition) is 0. The molecule has 2 aromatic carbocycles. The van der Waals surface area contributed by atoms with Crippen molar-refractivity contribution in [2.75, 3.05) is 6.54 Å². The normalized spacial score (nSPS) is 16.0. The van der Waals surface area contributed by atoms with E-state index in [9.17, 15) is 9.18 Å². The van der Waals surface area contributed by atoms with Gasteiger partial charge in [-0.3, -0.25) is 4.79 Å². The van der Waals surface area contributed by atoms with Gasteiger partial charge in [0.25, 0.3) is 0 Å². The summed E-state index contributed by atoms with van der Waals surface area (Å²) in [5.74, 6) is 0.0606. The first-order valence-corrected chi connectivity index (χ1v) is 9.79. The number of benzene rings is 2. The van der Waals surface area contributed by atoms with Crippen molar-refractivity contribution in [3.8, 4) is 0 Å². The Bertz CT molecular complexity index is 852. The minimum absolute atomic E-state index is 0.0776. The molecule has 1 aliphatic heterocycles. The molecule has 0 radical (unpaired) electrons. The maximum Gasteiger partial charge on any atom is 0.223 e. The van der Waals surface area contributed by atoms with Gasteiger partial charge in [-0.2, -0.15) is 0 Å². The molecule has 1 atom stereocenters. The van der Waals surface area contributed by atoms with Crippen LogP contribution in [0.25, 0.3) is 0 Å². The van der Waals surface area contributed by atoms with E-state index in [-0.39, 0.29) is 23.7 Å². The van der Waals surface area contributed by atoms with Gasteiger partial charge in [0.05, 0.1) is 12.3 Å². The van der Waals surface area contributed by atoms with Crippen LogP contribution in [0.5, 0.6) is 0 Å². The molecule has 0 unspecified atom stereocenters. The van der Waals surface area contributed by atoms with Crippen molar-refractivity contribution in [2.45, 2.75) is 39.3 Å². The molecule has 1 amide bonds. The number of halogens is 2. The molecule has 4 nitrogen and oxygen atoms in total. The van der Waals surface area contributed by atoms with Crippen molar-refractivity contribution in [3.63, 3.8) is 0 Å². The number of nitrogens with zero attached hydrogens (tertiary/aromatic N) is 2. The third-order valence-corrected chi connectivity index (χ3v) is 4.77. The van der Waals surface area contributed by atoms with Gasteiger partial charge in [0.1, 0.15) is 5.82 Å². The molecule has 0 N–H and O–H groups in total. The van der Waals surface area contributed by atoms with E-state index in [4.69, 9.17) is 16.4 Å². The molecule has 0 aliphatic carbocycles. The first-order chi connectivity index (χ1) is 13.4. The second-order valence-electron chi connectivity index (χ2n) is 7.48. The van der Waals surface area contributed by atoms with Crippen molar-refractivity contribution in [3.05, 3.63) is 70.5 Å². The van der Waals surface area contributed by atoms with E-state index in [1.54, 1.807) is 17.0 Å². The van der Waals surface area contributed by atoms with Crippen LogP contribution in [0.15, 0.2) is 53.7 Å². The van der Waals surface area contributed by atoms with E-state index < -0.39 is 0 Å². The third kappa shape index (κ3) is 5.55. The van der Waals surface area contributed by atoms with Crippen molar-refractivity contribution in [1.29, 1.82) is 0 Å². The Balaban J connectivity index is 1.67. The Morgan fingerprint density at radius 3 is 2.71 bits per heavy atom. The molecule has 1 heterocycles. The topological polar surface area (TPSA) is 41.9 Å². The summed E-state index contributed by atoms with van der Waals surface area (Å²) in [6.45, 7) is 4.96. The lowest BCUT2D eigenvalue weighted by atomic mass is 10.0. The Hall–Kier alpha value is -2.40. The van der Waals surface area contributed by atoms with Crippen LogP contribution in [-0.2, 0) is 16.2 Å². The highest BCUT2D eigenvalue weighted by Crippen LogP contribution is 2.21. The number of rotatable bonds is 7. The second-order valence-corrected chi connectivity index (χ2v) is 7.92. The Labute approximate surface area is 169 Å². The van der Waals surface area contributed by atoms with Crippen LogP contribution in [0.1, 0.15) is 37.8 Å². The predicted molar refractivity (Wildman–Crippen MR) is 109 cm³/mol. The van der Waals surface area contributed by atoms with Gasteiger partial charge in [-0.05, 0) is 41.3 Å². The molecule has 0 fully saturated rings. The lowest BCUT2D eigenvalue weighted by Crippen LogP contribution is -2.37. The van der Waals surface area contributed by atoms with Crippen LogP contribution < -0.4 is 0 Å². The van der Waals surface area contributed by atoms with Gasteiger partial charge >= 0.3 is 0 Å². The average molecular weight is 403 g/mol. The van der Waals surface area contributed by atoms with Crippen molar-refractivity contribution < 1.29 is 14.0 Å². The van der Waals surface area contributed by atoms with Gasteiger partial charge in [0.2, 0.25) is 5.91 Å². The minimum atomic E-state index is -0.285. The van der Waals surface area contributed by atoms with Gasteiger partial charge < -0.3 is 9.74 Å². The number of carbonyl (C=O) groups excluding carboxylic acids is 1. The van der Waals surface area contributed by atoms with E-state index >= 15 is 0 Å². The maximum atomic E-state index is 13.1. The van der Waals surface area contributed by atoms with Crippen molar-refractivity contribution in [1.82, 2.24) is 4.90 Å². The van der Waals surface area contributed by atoms with Gasteiger partial charge in [-0.15, -0.1) is 0 Å². The molecule has 148 valence electrons. The highest BCUT2D eigenvalue weighted by Gasteiger charge is 2.27. The van der Waals surface area contributed by atoms with Crippen LogP contribution in [0, 0.1) is 11.7 Å². The highest BCUT2D eigenvalue weighted by molar-refractivity contribution is 6.30. The Morgan fingerprint density at radius 2 is 2.04 bits per heavy atom. The quantitative estimate of drug-likeness (QED) is 0.650. The smallest absolute Gasteiger partial charge is 0.223 e. The summed E-state index contributed by atoms with van der Waals surface area (Å²) in [7, 11) is 0. The summed E-state index contributed by atoms with van der Waals surface area (Å²) >= 11 is 6.09. The maximum absolute atomic E-state index is 13.1. The SMILES string of the molecule is CC(C)CC(=O)N(Cc1cccc(Cl)c1)C[C@H]1CC(c2ccc(F)cc2)=NO1. The fourth-order valence-corrected chi connectivity index (χ4v) is 3.39. The average Bonchev–Trinajstić information content (AvgIpc) is 3.10. The lowest BCUT2D eigenvalue weighted by Gasteiger charge is -2.26. The van der Waals surface area contributed by atoms with Gasteiger partial charge in [0, 0.05) is 24.4 Å². The molecule has 0 saturated heterocycles. The molecule has 2 aromatic rings. The zero-order valence-corrected chi connectivity index (χ0v) is 16.8. The predicted octanol–water partition coefficient (Wildman–Crippen LogP) is 5.05. The van der Waals surface area contributed by atoms with Crippen LogP contribution in [0.3, 0.4) is 0 Å². The van der Waals surface area contributed by atoms with E-state index in [1.807, 2.05) is 38.1 Å². The molecule has 1 aliphatic rings. The zero-order chi connectivity index (χ0) is 20.1. The number of oxime groups is 1. The first-order valence-electron chi connectivity index (χ1n) is 9.41. The van der Waals surface area contributed by atoms with Gasteiger partial charge in [0.15, 0.2) is 6.10 Å². The van der Waals surface area contributed by atoms with E-state index in [2.05, 4.69) is 5.16 Å². The second kappa shape index (κ2) is 9.20. The number of carbonyl (C=O) groups is 1. The molecule has 0 bridgehead atoms. The molecule has 0 saturated carbocycles. The summed E-state index contributed by atoms with van der Waals surface area (Å²) < 4.78 is 13.1. The fraction of sp³-hybridized carbons (Fsp3) is 0.364. The third-order valence-electron chi connectivity index (χ3n) is 4.53. The molecule has 3 rings (SSSR count). The van der Waals surface area contributed by atoms with E-state index in [0.717, 1.165) is 16.8 Å². The largest absolute Gasteiger partial charge is 0.390 e. The summed E-state index contributed by atoms with van der Waals surface area (Å²) in [5.41, 5.74) is 2.57. The highest BCUT2D eigenvalue weighted by atomic mass is 35.5. The number of hydrogen-bond acceptors (Lipinski definition) is 3. The molecule has 0 aromatic heterocycles. The summed E-state index contributed by atoms with van der Waals surface area (Å²) in [6.07, 6.45) is 0.821. The Morgan fingerprint density at radius 1 is 1.29 bits per heavy atom. The zero-order valence-electron chi connectivity index (χ0n) is 16.1. The van der Waals surface area contributed by atoms with Crippen molar-refractivity contribution >= 4 is 23.2 Å². The van der Waals surface area contributed by atoms with Crippen LogP contribution in [0.4, 0.5) is 4.39 Å². The molecular weight excluding hydrogens is 379 g/mol. The standard InChI is InChI=1S/C22H24ClFN2O2/c1-15(2)10-22(27)26(13-16-4-3-5-18(23)11-16)14-20-12-21(25-28-20)17-6-8-19(24)9-7-17/h3-9,11,15,20H,10,12-14H2,1-2H3/t20-/m1/s1. The van der Waals surface area contributed by atoms with Crippen LogP contribution in [0.2, 0.25) is 5.02 Å². The molecule has 6 heteroatoms. The van der Waals surface area contributed by atoms with Crippen LogP contribution >= 0.6 is 11.6 Å². The lowest BCUT2D eigenvalue weighted by molar-refractivity contribution is -0.134. The Kier molecular flexibility index (Phi) is 6.68. The van der Waals surface area contributed by atoms with Gasteiger partial charge in [-0.1, -0.05) is 54.9 Å². The number of amides is 1. The summed E-state index contributed by atoms with van der Waals surface area (Å²) in [4.78, 5) is 20.2. The summed E-state index contributed by atoms with van der Waals surface area (Å²) in [6, 6.07) is 13.7. The summed E-state index contributed by atoms with van der Waals surface area (Å²) in [5, 5.41) is 4.79. The van der Waals surface area contributed by atoms with Crippen molar-refractivity contribution in [2.24, 2.45) is 11.1 Å². The van der Waals surface area contributed by atoms with Crippen LogP contribution in [-0.4, -0.2) is 29.2 Å². The first kappa shape index (κ1) is 20.3. The molecule has 0 spiro atoms. The fourth-order valence-electron chi connectivity index (χ4n) is 3.17.